The first kappa shape index (κ1) is 39.2. The van der Waals surface area contributed by atoms with Crippen LogP contribution in [0.4, 0.5) is 5.69 Å². The Hall–Kier alpha value is 0.240. The molecule has 39 heavy (non-hydrogen) atoms. The minimum Gasteiger partial charge on any atom is -0.673 e. The van der Waals surface area contributed by atoms with Crippen LogP contribution >= 0.6 is 0 Å². The molecule has 1 saturated carbocycles. The number of carbonyl (C=O) groups is 1. The van der Waals surface area contributed by atoms with Gasteiger partial charge in [-0.15, -0.1) is 6.07 Å². The molecule has 1 saturated heterocycles. The van der Waals surface area contributed by atoms with E-state index < -0.39 is 42.5 Å². The third kappa shape index (κ3) is 9.36. The fourth-order valence-electron chi connectivity index (χ4n) is 3.80. The first-order chi connectivity index (χ1) is 16.8. The van der Waals surface area contributed by atoms with Crippen LogP contribution in [0.3, 0.4) is 0 Å². The normalized spacial score (nSPS) is 26.6. The molecule has 1 aliphatic carbocycles. The number of amides is 2. The maximum atomic E-state index is 12.8. The Kier molecular flexibility index (Phi) is 16.3. The molecule has 1 aromatic rings. The Morgan fingerprint density at radius 3 is 2.31 bits per heavy atom. The summed E-state index contributed by atoms with van der Waals surface area (Å²) in [7, 11) is 0. The summed E-state index contributed by atoms with van der Waals surface area (Å²) in [6, 6.07) is 3.82. The molecule has 10 nitrogen and oxygen atoms in total. The fourth-order valence-corrected chi connectivity index (χ4v) is 3.80. The fraction of sp³-hybridized carbons (Fsp3) is 0.538. The van der Waals surface area contributed by atoms with Gasteiger partial charge < -0.3 is 51.9 Å². The van der Waals surface area contributed by atoms with Crippen LogP contribution in [0.5, 0.6) is 5.75 Å². The standard InChI is InChI=1S/C26H35N2O8.U.V.Y/c1-14(24(33)28-18-19(30)21(32)23-22(20(18)31)35-13-36-23)9-15-7-8-17(16(10-15)27-12-29)34-11-26(5,6)25(2,3)4;;;/h7-11,18-23,30-32H,2,13H2,1,3-6H3,(H,27,29)(H,28,33);;;/q-3;;;/b14-9+;;;/t18-,19+,20-,21-,22+,23-;;;/m1.../s1. The van der Waals surface area contributed by atoms with Crippen molar-refractivity contribution in [2.45, 2.75) is 71.2 Å². The molecule has 1 aliphatic heterocycles. The topological polar surface area (TPSA) is 147 Å². The molecule has 13 heteroatoms. The Bertz CT molecular complexity index is 1010. The number of aliphatic hydroxyl groups is 3. The molecule has 2 fully saturated rings. The van der Waals surface area contributed by atoms with Crippen molar-refractivity contribution < 1.29 is 121 Å². The van der Waals surface area contributed by atoms with Crippen molar-refractivity contribution >= 4 is 24.1 Å². The van der Waals surface area contributed by atoms with Gasteiger partial charge in [-0.05, 0) is 24.6 Å². The second kappa shape index (κ2) is 16.2. The predicted octanol–water partition coefficient (Wildman–Crippen LogP) is 1.31. The summed E-state index contributed by atoms with van der Waals surface area (Å²) in [6.07, 6.45) is -2.58. The molecule has 2 amide bonds. The van der Waals surface area contributed by atoms with Gasteiger partial charge in [0.2, 0.25) is 5.91 Å². The van der Waals surface area contributed by atoms with E-state index in [1.165, 1.54) is 0 Å². The third-order valence-electron chi connectivity index (χ3n) is 7.06. The number of hydrogen-bond donors (Lipinski definition) is 5. The number of carbonyl (C=O) groups excluding carboxylic acids is 2. The SMILES string of the molecule is [CH2-]C(C)(C)C(C)(C)[CH-]Oc1ccc(/C=C(\C)C(=O)N[C@@H]2[C@H](O)[C@@H](O)[C@H]3OCO[C@H]3[C@@H]2O)cc1N[C-]=O.[U].[V].[Y]. The van der Waals surface area contributed by atoms with Gasteiger partial charge in [0.15, 0.2) is 0 Å². The molecule has 0 spiro atoms. The molecule has 0 bridgehead atoms. The van der Waals surface area contributed by atoms with Crippen LogP contribution < -0.4 is 15.4 Å². The van der Waals surface area contributed by atoms with E-state index in [2.05, 4.69) is 17.6 Å². The van der Waals surface area contributed by atoms with Gasteiger partial charge >= 0.3 is 0 Å². The van der Waals surface area contributed by atoms with Crippen molar-refractivity contribution in [3.8, 4) is 5.75 Å². The van der Waals surface area contributed by atoms with Gasteiger partial charge in [-0.1, -0.05) is 39.4 Å². The zero-order chi connectivity index (χ0) is 26.8. The second-order valence-electron chi connectivity index (χ2n) is 10.5. The van der Waals surface area contributed by atoms with E-state index in [0.29, 0.717) is 17.0 Å². The minimum absolute atomic E-state index is 0. The van der Waals surface area contributed by atoms with Crippen LogP contribution in [0.25, 0.3) is 6.08 Å². The van der Waals surface area contributed by atoms with E-state index in [1.54, 1.807) is 44.2 Å². The van der Waals surface area contributed by atoms with Crippen LogP contribution in [-0.2, 0) is 70.3 Å². The van der Waals surface area contributed by atoms with E-state index >= 15 is 0 Å². The molecule has 212 valence electrons. The van der Waals surface area contributed by atoms with Gasteiger partial charge in [0, 0.05) is 93.7 Å². The Morgan fingerprint density at radius 1 is 1.15 bits per heavy atom. The molecule has 0 aromatic heterocycles. The van der Waals surface area contributed by atoms with Crippen LogP contribution in [0.2, 0.25) is 0 Å². The average molecular weight is 881 g/mol. The number of anilines is 1. The number of hydrogen-bond acceptors (Lipinski definition) is 8. The van der Waals surface area contributed by atoms with Gasteiger partial charge in [0.1, 0.15) is 37.3 Å². The number of nitrogens with one attached hydrogen (secondary N) is 2. The molecule has 0 unspecified atom stereocenters. The monoisotopic (exact) mass is 881 g/mol. The van der Waals surface area contributed by atoms with Crippen LogP contribution in [0.1, 0.15) is 40.2 Å². The summed E-state index contributed by atoms with van der Waals surface area (Å²) in [6.45, 7) is 15.2. The number of ether oxygens (including phenoxy) is 3. The Balaban J connectivity index is 0.00000481. The van der Waals surface area contributed by atoms with Crippen molar-refractivity contribution in [1.29, 1.82) is 0 Å². The van der Waals surface area contributed by atoms with E-state index in [1.807, 2.05) is 27.7 Å². The number of benzene rings is 1. The van der Waals surface area contributed by atoms with Crippen molar-refractivity contribution in [3.05, 3.63) is 42.9 Å². The molecular weight excluding hydrogens is 846 g/mol. The molecule has 5 N–H and O–H groups in total. The van der Waals surface area contributed by atoms with Crippen LogP contribution in [0, 0.1) is 55.5 Å². The third-order valence-corrected chi connectivity index (χ3v) is 7.06. The molecule has 3 rings (SSSR count). The minimum atomic E-state index is -1.45. The van der Waals surface area contributed by atoms with Crippen molar-refractivity contribution in [2.75, 3.05) is 12.1 Å². The first-order valence-corrected chi connectivity index (χ1v) is 11.7. The first-order valence-electron chi connectivity index (χ1n) is 11.7. The van der Waals surface area contributed by atoms with E-state index in [4.69, 9.17) is 14.2 Å². The molecule has 1 heterocycles. The van der Waals surface area contributed by atoms with E-state index in [-0.39, 0.29) is 106 Å². The molecule has 2 aliphatic rings. The summed E-state index contributed by atoms with van der Waals surface area (Å²) in [4.78, 5) is 23.9. The summed E-state index contributed by atoms with van der Waals surface area (Å²) in [5.74, 6) is -0.169. The largest absolute Gasteiger partial charge is 0.673 e. The van der Waals surface area contributed by atoms with Gasteiger partial charge in [0.25, 0.3) is 0 Å². The number of rotatable bonds is 9. The zero-order valence-corrected chi connectivity index (χ0v) is 31.1. The van der Waals surface area contributed by atoms with Crippen LogP contribution in [0.15, 0.2) is 23.8 Å². The predicted molar refractivity (Wildman–Crippen MR) is 132 cm³/mol. The number of fused-ring (bicyclic) bond motifs is 1. The molecule has 2 radical (unpaired) electrons. The van der Waals surface area contributed by atoms with Crippen molar-refractivity contribution in [3.63, 3.8) is 0 Å². The van der Waals surface area contributed by atoms with E-state index in [0.717, 1.165) is 0 Å². The maximum absolute atomic E-state index is 12.8. The summed E-state index contributed by atoms with van der Waals surface area (Å²) >= 11 is 0. The molecule has 6 atom stereocenters. The van der Waals surface area contributed by atoms with Crippen molar-refractivity contribution in [2.24, 2.45) is 10.8 Å². The maximum Gasteiger partial charge on any atom is 0.247 e. The summed E-state index contributed by atoms with van der Waals surface area (Å²) in [5, 5.41) is 36.3. The Labute approximate surface area is 290 Å². The molecule has 1 aromatic carbocycles. The van der Waals surface area contributed by atoms with Gasteiger partial charge in [-0.2, -0.15) is 17.4 Å². The molecular formula is C26H35N2O8UVY-3. The summed E-state index contributed by atoms with van der Waals surface area (Å²) < 4.78 is 16.4. The van der Waals surface area contributed by atoms with Gasteiger partial charge in [-0.3, -0.25) is 4.79 Å². The van der Waals surface area contributed by atoms with Gasteiger partial charge in [0.05, 0.1) is 12.5 Å². The summed E-state index contributed by atoms with van der Waals surface area (Å²) in [5.41, 5.74) is 0.516. The quantitative estimate of drug-likeness (QED) is 0.142. The number of aliphatic hydroxyl groups excluding tert-OH is 3. The average Bonchev–Trinajstić information content (AvgIpc) is 3.29. The van der Waals surface area contributed by atoms with E-state index in [9.17, 15) is 24.9 Å². The van der Waals surface area contributed by atoms with Crippen molar-refractivity contribution in [1.82, 2.24) is 5.32 Å². The second-order valence-corrected chi connectivity index (χ2v) is 10.5. The Morgan fingerprint density at radius 2 is 1.74 bits per heavy atom. The zero-order valence-electron chi connectivity index (χ0n) is 22.7. The van der Waals surface area contributed by atoms with Crippen LogP contribution in [-0.4, -0.2) is 71.0 Å². The van der Waals surface area contributed by atoms with Gasteiger partial charge in [-0.25, -0.2) is 0 Å². The smallest absolute Gasteiger partial charge is 0.247 e.